The van der Waals surface area contributed by atoms with Crippen LogP contribution in [-0.4, -0.2) is 19.8 Å². The molecule has 1 unspecified atom stereocenters. The molecule has 3 heteroatoms. The SMILES string of the molecule is Cc1ccc(C(C)NCCOCC(C)C)s1. The van der Waals surface area contributed by atoms with Gasteiger partial charge >= 0.3 is 0 Å². The summed E-state index contributed by atoms with van der Waals surface area (Å²) in [7, 11) is 0. The van der Waals surface area contributed by atoms with E-state index in [1.165, 1.54) is 9.75 Å². The fourth-order valence-electron chi connectivity index (χ4n) is 1.45. The van der Waals surface area contributed by atoms with E-state index < -0.39 is 0 Å². The van der Waals surface area contributed by atoms with Gasteiger partial charge in [0, 0.05) is 28.9 Å². The Bertz CT molecular complexity index is 296. The van der Waals surface area contributed by atoms with Gasteiger partial charge in [-0.2, -0.15) is 0 Å². The Morgan fingerprint density at radius 3 is 2.62 bits per heavy atom. The highest BCUT2D eigenvalue weighted by atomic mass is 32.1. The molecule has 1 heterocycles. The molecule has 0 aliphatic rings. The van der Waals surface area contributed by atoms with Crippen molar-refractivity contribution >= 4 is 11.3 Å². The second kappa shape index (κ2) is 7.05. The van der Waals surface area contributed by atoms with Gasteiger partial charge in [-0.15, -0.1) is 11.3 Å². The van der Waals surface area contributed by atoms with E-state index in [1.807, 2.05) is 11.3 Å². The van der Waals surface area contributed by atoms with Crippen molar-refractivity contribution in [2.75, 3.05) is 19.8 Å². The first kappa shape index (κ1) is 13.7. The molecule has 0 radical (unpaired) electrons. The molecule has 1 N–H and O–H groups in total. The van der Waals surface area contributed by atoms with Crippen LogP contribution >= 0.6 is 11.3 Å². The van der Waals surface area contributed by atoms with Crippen molar-refractivity contribution in [2.45, 2.75) is 33.7 Å². The molecule has 0 bridgehead atoms. The lowest BCUT2D eigenvalue weighted by atomic mass is 10.2. The molecule has 0 fully saturated rings. The first-order valence-corrected chi connectivity index (χ1v) is 6.78. The average Bonchev–Trinajstić information content (AvgIpc) is 2.63. The fourth-order valence-corrected chi connectivity index (χ4v) is 2.36. The lowest BCUT2D eigenvalue weighted by molar-refractivity contribution is 0.110. The number of rotatable bonds is 7. The van der Waals surface area contributed by atoms with E-state index in [1.54, 1.807) is 0 Å². The number of thiophene rings is 1. The summed E-state index contributed by atoms with van der Waals surface area (Å²) in [5.74, 6) is 0.623. The van der Waals surface area contributed by atoms with E-state index in [-0.39, 0.29) is 0 Å². The third-order valence-corrected chi connectivity index (χ3v) is 3.52. The summed E-state index contributed by atoms with van der Waals surface area (Å²) in [5.41, 5.74) is 0. The minimum Gasteiger partial charge on any atom is -0.380 e. The third kappa shape index (κ3) is 5.10. The van der Waals surface area contributed by atoms with E-state index in [2.05, 4.69) is 45.1 Å². The van der Waals surface area contributed by atoms with Gasteiger partial charge in [0.15, 0.2) is 0 Å². The molecule has 1 aromatic heterocycles. The molecule has 92 valence electrons. The zero-order valence-electron chi connectivity index (χ0n) is 10.7. The van der Waals surface area contributed by atoms with Crippen LogP contribution in [0.3, 0.4) is 0 Å². The molecule has 1 atom stereocenters. The first-order valence-electron chi connectivity index (χ1n) is 5.97. The highest BCUT2D eigenvalue weighted by Crippen LogP contribution is 2.21. The van der Waals surface area contributed by atoms with Gasteiger partial charge in [-0.1, -0.05) is 13.8 Å². The molecular formula is C13H23NOS. The summed E-state index contributed by atoms with van der Waals surface area (Å²) >= 11 is 1.86. The lowest BCUT2D eigenvalue weighted by Crippen LogP contribution is -2.23. The molecule has 0 saturated carbocycles. The Morgan fingerprint density at radius 1 is 1.31 bits per heavy atom. The molecule has 0 spiro atoms. The van der Waals surface area contributed by atoms with Gasteiger partial charge in [-0.25, -0.2) is 0 Å². The first-order chi connectivity index (χ1) is 7.59. The predicted molar refractivity (Wildman–Crippen MR) is 71.1 cm³/mol. The summed E-state index contributed by atoms with van der Waals surface area (Å²) in [6, 6.07) is 4.81. The van der Waals surface area contributed by atoms with E-state index in [0.29, 0.717) is 12.0 Å². The maximum Gasteiger partial charge on any atom is 0.0591 e. The highest BCUT2D eigenvalue weighted by molar-refractivity contribution is 7.12. The van der Waals surface area contributed by atoms with Crippen LogP contribution in [0.1, 0.15) is 36.6 Å². The van der Waals surface area contributed by atoms with Crippen molar-refractivity contribution in [3.8, 4) is 0 Å². The van der Waals surface area contributed by atoms with Gasteiger partial charge in [0.05, 0.1) is 6.61 Å². The van der Waals surface area contributed by atoms with Crippen LogP contribution in [0.25, 0.3) is 0 Å². The topological polar surface area (TPSA) is 21.3 Å². The van der Waals surface area contributed by atoms with E-state index in [4.69, 9.17) is 4.74 Å². The minimum absolute atomic E-state index is 0.432. The molecule has 16 heavy (non-hydrogen) atoms. The molecular weight excluding hydrogens is 218 g/mol. The van der Waals surface area contributed by atoms with Gasteiger partial charge in [-0.05, 0) is 31.9 Å². The van der Waals surface area contributed by atoms with Crippen molar-refractivity contribution in [3.05, 3.63) is 21.9 Å². The smallest absolute Gasteiger partial charge is 0.0591 e. The summed E-state index contributed by atoms with van der Waals surface area (Å²) in [4.78, 5) is 2.78. The van der Waals surface area contributed by atoms with Crippen molar-refractivity contribution in [1.29, 1.82) is 0 Å². The standard InChI is InChI=1S/C13H23NOS/c1-10(2)9-15-8-7-14-12(4)13-6-5-11(3)16-13/h5-6,10,12,14H,7-9H2,1-4H3. The number of hydrogen-bond acceptors (Lipinski definition) is 3. The Balaban J connectivity index is 2.13. The molecule has 0 aromatic carbocycles. The van der Waals surface area contributed by atoms with Crippen LogP contribution in [0, 0.1) is 12.8 Å². The molecule has 1 aromatic rings. The van der Waals surface area contributed by atoms with Gasteiger partial charge < -0.3 is 10.1 Å². The normalized spacial score (nSPS) is 13.3. The Morgan fingerprint density at radius 2 is 2.06 bits per heavy atom. The second-order valence-electron chi connectivity index (χ2n) is 4.59. The maximum atomic E-state index is 5.53. The Labute approximate surface area is 103 Å². The average molecular weight is 241 g/mol. The number of ether oxygens (including phenoxy) is 1. The van der Waals surface area contributed by atoms with Gasteiger partial charge in [0.2, 0.25) is 0 Å². The number of hydrogen-bond donors (Lipinski definition) is 1. The van der Waals surface area contributed by atoms with Crippen LogP contribution < -0.4 is 5.32 Å². The minimum atomic E-state index is 0.432. The van der Waals surface area contributed by atoms with Gasteiger partial charge in [0.1, 0.15) is 0 Å². The van der Waals surface area contributed by atoms with Crippen LogP contribution in [0.4, 0.5) is 0 Å². The van der Waals surface area contributed by atoms with Crippen LogP contribution in [-0.2, 0) is 4.74 Å². The lowest BCUT2D eigenvalue weighted by Gasteiger charge is -2.12. The zero-order chi connectivity index (χ0) is 12.0. The Hall–Kier alpha value is -0.380. The van der Waals surface area contributed by atoms with Crippen molar-refractivity contribution in [2.24, 2.45) is 5.92 Å². The molecule has 0 aliphatic carbocycles. The van der Waals surface area contributed by atoms with Gasteiger partial charge in [0.25, 0.3) is 0 Å². The van der Waals surface area contributed by atoms with Crippen LogP contribution in [0.2, 0.25) is 0 Å². The van der Waals surface area contributed by atoms with Crippen molar-refractivity contribution in [1.82, 2.24) is 5.32 Å². The third-order valence-electron chi connectivity index (χ3n) is 2.34. The summed E-state index contributed by atoms with van der Waals surface area (Å²) in [6.45, 7) is 11.3. The van der Waals surface area contributed by atoms with Crippen molar-refractivity contribution in [3.63, 3.8) is 0 Å². The van der Waals surface area contributed by atoms with E-state index in [9.17, 15) is 0 Å². The largest absolute Gasteiger partial charge is 0.380 e. The monoisotopic (exact) mass is 241 g/mol. The quantitative estimate of drug-likeness (QED) is 0.739. The summed E-state index contributed by atoms with van der Waals surface area (Å²) in [5, 5.41) is 3.47. The van der Waals surface area contributed by atoms with Crippen LogP contribution in [0.15, 0.2) is 12.1 Å². The molecule has 1 rings (SSSR count). The predicted octanol–water partition coefficient (Wildman–Crippen LogP) is 3.38. The fraction of sp³-hybridized carbons (Fsp3) is 0.692. The van der Waals surface area contributed by atoms with E-state index >= 15 is 0 Å². The number of aryl methyl sites for hydroxylation is 1. The molecule has 0 amide bonds. The maximum absolute atomic E-state index is 5.53. The summed E-state index contributed by atoms with van der Waals surface area (Å²) in [6.07, 6.45) is 0. The zero-order valence-corrected chi connectivity index (χ0v) is 11.6. The molecule has 0 saturated heterocycles. The van der Waals surface area contributed by atoms with E-state index in [0.717, 1.165) is 19.8 Å². The summed E-state index contributed by atoms with van der Waals surface area (Å²) < 4.78 is 5.53. The molecule has 2 nitrogen and oxygen atoms in total. The Kier molecular flexibility index (Phi) is 6.03. The van der Waals surface area contributed by atoms with Crippen LogP contribution in [0.5, 0.6) is 0 Å². The number of nitrogens with one attached hydrogen (secondary N) is 1. The van der Waals surface area contributed by atoms with Gasteiger partial charge in [-0.3, -0.25) is 0 Å². The highest BCUT2D eigenvalue weighted by Gasteiger charge is 2.06. The molecule has 0 aliphatic heterocycles. The second-order valence-corrected chi connectivity index (χ2v) is 5.91. The van der Waals surface area contributed by atoms with Crippen molar-refractivity contribution < 1.29 is 4.74 Å².